The van der Waals surface area contributed by atoms with Gasteiger partial charge < -0.3 is 14.4 Å². The molecule has 1 amide bonds. The molecule has 6 heteroatoms. The van der Waals surface area contributed by atoms with Crippen LogP contribution in [0.2, 0.25) is 0 Å². The molecule has 0 radical (unpaired) electrons. The summed E-state index contributed by atoms with van der Waals surface area (Å²) in [5.41, 5.74) is 2.10. The average molecular weight is 344 g/mol. The summed E-state index contributed by atoms with van der Waals surface area (Å²) >= 11 is 0. The number of amides is 1. The molecule has 0 bridgehead atoms. The van der Waals surface area contributed by atoms with Crippen LogP contribution in [0, 0.1) is 12.8 Å². The van der Waals surface area contributed by atoms with Gasteiger partial charge in [0, 0.05) is 24.9 Å². The number of carbonyl (C=O) groups excluding carboxylic acids is 1. The van der Waals surface area contributed by atoms with E-state index in [1.807, 2.05) is 45.0 Å². The third-order valence-electron chi connectivity index (χ3n) is 3.71. The van der Waals surface area contributed by atoms with Crippen molar-refractivity contribution in [3.63, 3.8) is 0 Å². The Morgan fingerprint density at radius 3 is 2.52 bits per heavy atom. The summed E-state index contributed by atoms with van der Waals surface area (Å²) in [6, 6.07) is 7.91. The number of hydrogen-bond acceptors (Lipinski definition) is 4. The lowest BCUT2D eigenvalue weighted by Gasteiger charge is -2.22. The second-order valence-corrected chi connectivity index (χ2v) is 6.55. The number of nitrogens with zero attached hydrogens (tertiary/aromatic N) is 2. The molecule has 0 aliphatic carbocycles. The van der Waals surface area contributed by atoms with Crippen LogP contribution >= 0.6 is 0 Å². The number of rotatable bonds is 8. The van der Waals surface area contributed by atoms with Crippen LogP contribution in [0.5, 0.6) is 0 Å². The molecule has 2 aromatic rings. The molecule has 1 N–H and O–H groups in total. The van der Waals surface area contributed by atoms with Crippen molar-refractivity contribution in [2.75, 3.05) is 13.1 Å². The first kappa shape index (κ1) is 18.7. The zero-order valence-electron chi connectivity index (χ0n) is 14.9. The minimum absolute atomic E-state index is 0.174. The van der Waals surface area contributed by atoms with Gasteiger partial charge in [0.05, 0.1) is 6.20 Å². The monoisotopic (exact) mass is 344 g/mol. The molecule has 0 fully saturated rings. The smallest absolute Gasteiger partial charge is 0.323 e. The van der Waals surface area contributed by atoms with Gasteiger partial charge in [-0.1, -0.05) is 43.7 Å². The Morgan fingerprint density at radius 1 is 1.24 bits per heavy atom. The van der Waals surface area contributed by atoms with E-state index in [0.717, 1.165) is 11.1 Å². The molecule has 0 unspecified atom stereocenters. The average Bonchev–Trinajstić information content (AvgIpc) is 3.00. The van der Waals surface area contributed by atoms with Crippen LogP contribution in [0.25, 0.3) is 11.3 Å². The Bertz CT molecular complexity index is 719. The largest absolute Gasteiger partial charge is 0.480 e. The van der Waals surface area contributed by atoms with Crippen LogP contribution in [0.4, 0.5) is 0 Å². The summed E-state index contributed by atoms with van der Waals surface area (Å²) in [6.07, 6.45) is 2.17. The summed E-state index contributed by atoms with van der Waals surface area (Å²) in [5.74, 6) is 0.131. The molecule has 1 aromatic carbocycles. The van der Waals surface area contributed by atoms with Crippen LogP contribution in [0.3, 0.4) is 0 Å². The van der Waals surface area contributed by atoms with E-state index in [2.05, 4.69) is 4.98 Å². The van der Waals surface area contributed by atoms with Crippen LogP contribution < -0.4 is 0 Å². The van der Waals surface area contributed by atoms with Gasteiger partial charge in [-0.3, -0.25) is 9.59 Å². The second kappa shape index (κ2) is 8.46. The zero-order valence-corrected chi connectivity index (χ0v) is 14.9. The number of oxazole rings is 1. The minimum Gasteiger partial charge on any atom is -0.480 e. The van der Waals surface area contributed by atoms with Crippen molar-refractivity contribution in [1.29, 1.82) is 0 Å². The first-order valence-corrected chi connectivity index (χ1v) is 8.36. The third-order valence-corrected chi connectivity index (χ3v) is 3.71. The second-order valence-electron chi connectivity index (χ2n) is 6.55. The Kier molecular flexibility index (Phi) is 6.33. The van der Waals surface area contributed by atoms with E-state index in [9.17, 15) is 9.59 Å². The van der Waals surface area contributed by atoms with Gasteiger partial charge >= 0.3 is 5.97 Å². The molecule has 2 rings (SSSR count). The number of benzene rings is 1. The summed E-state index contributed by atoms with van der Waals surface area (Å²) in [5, 5.41) is 8.96. The number of hydrogen-bond donors (Lipinski definition) is 1. The molecule has 1 aromatic heterocycles. The molecule has 25 heavy (non-hydrogen) atoms. The topological polar surface area (TPSA) is 83.6 Å². The number of aryl methyl sites for hydroxylation is 2. The van der Waals surface area contributed by atoms with Gasteiger partial charge in [0.1, 0.15) is 6.54 Å². The minimum atomic E-state index is -1.01. The fraction of sp³-hybridized carbons (Fsp3) is 0.421. The molecule has 0 atom stereocenters. The Labute approximate surface area is 147 Å². The SMILES string of the molecule is Cc1ccc(-c2cnc(CCC(=O)N(CC(=O)O)CC(C)C)o2)cc1. The van der Waals surface area contributed by atoms with Crippen molar-refractivity contribution in [3.8, 4) is 11.3 Å². The van der Waals surface area contributed by atoms with Crippen LogP contribution in [0.1, 0.15) is 31.7 Å². The Balaban J connectivity index is 1.96. The van der Waals surface area contributed by atoms with Crippen molar-refractivity contribution in [1.82, 2.24) is 9.88 Å². The highest BCUT2D eigenvalue weighted by molar-refractivity contribution is 5.81. The molecular weight excluding hydrogens is 320 g/mol. The number of aromatic nitrogens is 1. The molecule has 6 nitrogen and oxygen atoms in total. The van der Waals surface area contributed by atoms with Gasteiger partial charge in [-0.25, -0.2) is 4.98 Å². The number of carboxylic acid groups (broad SMARTS) is 1. The normalized spacial score (nSPS) is 10.9. The van der Waals surface area contributed by atoms with Gasteiger partial charge in [0.25, 0.3) is 0 Å². The molecule has 0 aliphatic rings. The van der Waals surface area contributed by atoms with E-state index >= 15 is 0 Å². The highest BCUT2D eigenvalue weighted by Gasteiger charge is 2.18. The maximum atomic E-state index is 12.3. The van der Waals surface area contributed by atoms with Crippen molar-refractivity contribution in [3.05, 3.63) is 41.9 Å². The zero-order chi connectivity index (χ0) is 18.4. The van der Waals surface area contributed by atoms with E-state index in [4.69, 9.17) is 9.52 Å². The lowest BCUT2D eigenvalue weighted by Crippen LogP contribution is -2.38. The molecule has 0 spiro atoms. The van der Waals surface area contributed by atoms with E-state index in [1.165, 1.54) is 4.90 Å². The van der Waals surface area contributed by atoms with Crippen LogP contribution in [-0.4, -0.2) is 40.0 Å². The molecule has 1 heterocycles. The van der Waals surface area contributed by atoms with Gasteiger partial charge in [0.15, 0.2) is 11.7 Å². The van der Waals surface area contributed by atoms with Crippen molar-refractivity contribution >= 4 is 11.9 Å². The van der Waals surface area contributed by atoms with Crippen LogP contribution in [0.15, 0.2) is 34.9 Å². The maximum absolute atomic E-state index is 12.3. The Morgan fingerprint density at radius 2 is 1.92 bits per heavy atom. The lowest BCUT2D eigenvalue weighted by atomic mass is 10.1. The predicted molar refractivity (Wildman–Crippen MR) is 94.1 cm³/mol. The fourth-order valence-electron chi connectivity index (χ4n) is 2.51. The standard InChI is InChI=1S/C19H24N2O4/c1-13(2)11-21(12-19(23)24)18(22)9-8-17-20-10-16(25-17)15-6-4-14(3)5-7-15/h4-7,10,13H,8-9,11-12H2,1-3H3,(H,23,24). The van der Waals surface area contributed by atoms with E-state index < -0.39 is 5.97 Å². The van der Waals surface area contributed by atoms with Crippen molar-refractivity contribution in [2.24, 2.45) is 5.92 Å². The predicted octanol–water partition coefficient (Wildman–Crippen LogP) is 3.15. The first-order valence-electron chi connectivity index (χ1n) is 8.36. The number of aliphatic carboxylic acids is 1. The summed E-state index contributed by atoms with van der Waals surface area (Å²) in [7, 11) is 0. The fourth-order valence-corrected chi connectivity index (χ4v) is 2.51. The van der Waals surface area contributed by atoms with Gasteiger partial charge in [0.2, 0.25) is 5.91 Å². The first-order chi connectivity index (χ1) is 11.8. The molecular formula is C19H24N2O4. The molecule has 0 saturated carbocycles. The molecule has 0 saturated heterocycles. The van der Waals surface area contributed by atoms with Gasteiger partial charge in [-0.2, -0.15) is 0 Å². The third kappa shape index (κ3) is 5.74. The van der Waals surface area contributed by atoms with E-state index in [0.29, 0.717) is 24.6 Å². The Hall–Kier alpha value is -2.63. The van der Waals surface area contributed by atoms with E-state index in [-0.39, 0.29) is 24.8 Å². The maximum Gasteiger partial charge on any atom is 0.323 e. The molecule has 134 valence electrons. The molecule has 0 aliphatic heterocycles. The summed E-state index contributed by atoms with van der Waals surface area (Å²) in [4.78, 5) is 28.8. The lowest BCUT2D eigenvalue weighted by molar-refractivity contribution is -0.144. The highest BCUT2D eigenvalue weighted by Crippen LogP contribution is 2.21. The highest BCUT2D eigenvalue weighted by atomic mass is 16.4. The van der Waals surface area contributed by atoms with Gasteiger partial charge in [-0.15, -0.1) is 0 Å². The number of carboxylic acids is 1. The number of carbonyl (C=O) groups is 2. The van der Waals surface area contributed by atoms with Crippen LogP contribution in [-0.2, 0) is 16.0 Å². The van der Waals surface area contributed by atoms with Crippen molar-refractivity contribution in [2.45, 2.75) is 33.6 Å². The summed E-state index contributed by atoms with van der Waals surface area (Å²) < 4.78 is 5.70. The van der Waals surface area contributed by atoms with Gasteiger partial charge in [-0.05, 0) is 12.8 Å². The quantitative estimate of drug-likeness (QED) is 0.795. The summed E-state index contributed by atoms with van der Waals surface area (Å²) in [6.45, 7) is 6.05. The van der Waals surface area contributed by atoms with E-state index in [1.54, 1.807) is 6.20 Å². The van der Waals surface area contributed by atoms with Crippen molar-refractivity contribution < 1.29 is 19.1 Å².